The van der Waals surface area contributed by atoms with Crippen LogP contribution in [-0.4, -0.2) is 69.1 Å². The summed E-state index contributed by atoms with van der Waals surface area (Å²) in [5.41, 5.74) is 0. The molecule has 0 heterocycles. The number of rotatable bonds is 10. The summed E-state index contributed by atoms with van der Waals surface area (Å²) in [6, 6.07) is 6.99. The van der Waals surface area contributed by atoms with Gasteiger partial charge in [0.05, 0.1) is 18.6 Å². The lowest BCUT2D eigenvalue weighted by Crippen LogP contribution is -2.38. The van der Waals surface area contributed by atoms with Crippen molar-refractivity contribution in [1.29, 1.82) is 0 Å². The van der Waals surface area contributed by atoms with Crippen molar-refractivity contribution in [2.45, 2.75) is 12.8 Å². The van der Waals surface area contributed by atoms with Gasteiger partial charge in [-0.2, -0.15) is 0 Å². The van der Waals surface area contributed by atoms with E-state index < -0.39 is 0 Å². The number of amides is 1. The van der Waals surface area contributed by atoms with Gasteiger partial charge in [-0.1, -0.05) is 23.7 Å². The summed E-state index contributed by atoms with van der Waals surface area (Å²) in [6.07, 6.45) is 0.975. The average molecular weight is 357 g/mol. The van der Waals surface area contributed by atoms with E-state index in [0.29, 0.717) is 23.9 Å². The third-order valence-corrected chi connectivity index (χ3v) is 3.70. The van der Waals surface area contributed by atoms with Gasteiger partial charge in [0.25, 0.3) is 5.91 Å². The highest BCUT2D eigenvalue weighted by Crippen LogP contribution is 2.23. The van der Waals surface area contributed by atoms with Crippen LogP contribution in [0.1, 0.15) is 12.8 Å². The average Bonchev–Trinajstić information content (AvgIpc) is 2.56. The van der Waals surface area contributed by atoms with Crippen LogP contribution in [0.25, 0.3) is 0 Å². The third-order valence-electron chi connectivity index (χ3n) is 3.39. The Bertz CT molecular complexity index is 537. The van der Waals surface area contributed by atoms with Gasteiger partial charge in [0.2, 0.25) is 0 Å². The fourth-order valence-corrected chi connectivity index (χ4v) is 2.25. The van der Waals surface area contributed by atoms with Gasteiger partial charge in [0.15, 0.2) is 6.61 Å². The molecule has 0 bridgehead atoms. The fraction of sp³-hybridized carbons (Fsp3) is 0.529. The Morgan fingerprint density at radius 2 is 1.83 bits per heavy atom. The van der Waals surface area contributed by atoms with Gasteiger partial charge >= 0.3 is 5.97 Å². The third kappa shape index (κ3) is 7.66. The topological polar surface area (TPSA) is 59.1 Å². The normalized spacial score (nSPS) is 10.5. The maximum Gasteiger partial charge on any atom is 0.307 e. The number of halogens is 1. The van der Waals surface area contributed by atoms with Gasteiger partial charge in [-0.15, -0.1) is 0 Å². The first-order valence-electron chi connectivity index (χ1n) is 7.80. The van der Waals surface area contributed by atoms with Crippen LogP contribution >= 0.6 is 11.6 Å². The van der Waals surface area contributed by atoms with E-state index in [-0.39, 0.29) is 24.9 Å². The molecule has 0 aliphatic carbocycles. The molecule has 1 rings (SSSR count). The van der Waals surface area contributed by atoms with Gasteiger partial charge in [0.1, 0.15) is 5.75 Å². The summed E-state index contributed by atoms with van der Waals surface area (Å²) in [5, 5.41) is 0.457. The van der Waals surface area contributed by atoms with Gasteiger partial charge in [-0.05, 0) is 39.2 Å². The molecule has 1 amide bonds. The first-order chi connectivity index (χ1) is 11.4. The maximum atomic E-state index is 12.4. The lowest BCUT2D eigenvalue weighted by atomic mass is 10.3. The van der Waals surface area contributed by atoms with Crippen LogP contribution in [0.2, 0.25) is 5.02 Å². The molecule has 0 radical (unpaired) electrons. The second-order valence-electron chi connectivity index (χ2n) is 5.58. The number of hydrogen-bond donors (Lipinski definition) is 0. The molecule has 0 atom stereocenters. The van der Waals surface area contributed by atoms with E-state index in [1.54, 1.807) is 29.2 Å². The lowest BCUT2D eigenvalue weighted by Gasteiger charge is -2.23. The summed E-state index contributed by atoms with van der Waals surface area (Å²) in [6.45, 7) is 1.60. The SMILES string of the molecule is COC(=O)CCN(CCCN(C)C)C(=O)COc1ccccc1Cl. The van der Waals surface area contributed by atoms with Crippen molar-refractivity contribution >= 4 is 23.5 Å². The molecule has 0 saturated carbocycles. The summed E-state index contributed by atoms with van der Waals surface area (Å²) in [5.74, 6) is -0.0567. The number of carbonyl (C=O) groups is 2. The number of esters is 1. The molecule has 0 unspecified atom stereocenters. The predicted octanol–water partition coefficient (Wildman–Crippen LogP) is 2.06. The highest BCUT2D eigenvalue weighted by Gasteiger charge is 2.16. The van der Waals surface area contributed by atoms with Crippen molar-refractivity contribution in [1.82, 2.24) is 9.80 Å². The summed E-state index contributed by atoms with van der Waals surface area (Å²) in [4.78, 5) is 27.4. The van der Waals surface area contributed by atoms with Crippen molar-refractivity contribution in [3.8, 4) is 5.75 Å². The van der Waals surface area contributed by atoms with Crippen LogP contribution in [0.15, 0.2) is 24.3 Å². The van der Waals surface area contributed by atoms with Gasteiger partial charge in [-0.25, -0.2) is 0 Å². The molecule has 7 heteroatoms. The minimum atomic E-state index is -0.340. The highest BCUT2D eigenvalue weighted by molar-refractivity contribution is 6.32. The largest absolute Gasteiger partial charge is 0.482 e. The lowest BCUT2D eigenvalue weighted by molar-refractivity contribution is -0.142. The summed E-state index contributed by atoms with van der Waals surface area (Å²) >= 11 is 6.01. The van der Waals surface area contributed by atoms with Crippen molar-refractivity contribution in [2.75, 3.05) is 47.4 Å². The van der Waals surface area contributed by atoms with E-state index >= 15 is 0 Å². The summed E-state index contributed by atoms with van der Waals surface area (Å²) in [7, 11) is 5.28. The van der Waals surface area contributed by atoms with Crippen molar-refractivity contribution in [3.63, 3.8) is 0 Å². The van der Waals surface area contributed by atoms with Gasteiger partial charge in [0, 0.05) is 13.1 Å². The Balaban J connectivity index is 2.57. The number of hydrogen-bond acceptors (Lipinski definition) is 5. The minimum absolute atomic E-state index is 0.118. The zero-order valence-electron chi connectivity index (χ0n) is 14.5. The van der Waals surface area contributed by atoms with Crippen LogP contribution in [0, 0.1) is 0 Å². The summed E-state index contributed by atoms with van der Waals surface area (Å²) < 4.78 is 10.1. The number of ether oxygens (including phenoxy) is 2. The Morgan fingerprint density at radius 3 is 2.46 bits per heavy atom. The van der Waals surface area contributed by atoms with Crippen LogP contribution in [-0.2, 0) is 14.3 Å². The molecule has 0 fully saturated rings. The molecule has 0 aromatic heterocycles. The number of benzene rings is 1. The molecule has 0 spiro atoms. The smallest absolute Gasteiger partial charge is 0.307 e. The number of para-hydroxylation sites is 1. The second kappa shape index (κ2) is 10.9. The Morgan fingerprint density at radius 1 is 1.12 bits per heavy atom. The van der Waals surface area contributed by atoms with E-state index in [1.807, 2.05) is 19.0 Å². The fourth-order valence-electron chi connectivity index (χ4n) is 2.06. The molecule has 6 nitrogen and oxygen atoms in total. The molecule has 0 aliphatic heterocycles. The first kappa shape index (κ1) is 20.3. The zero-order valence-corrected chi connectivity index (χ0v) is 15.2. The molecular weight excluding hydrogens is 332 g/mol. The van der Waals surface area contributed by atoms with Gasteiger partial charge in [-0.3, -0.25) is 9.59 Å². The van der Waals surface area contributed by atoms with Gasteiger partial charge < -0.3 is 19.3 Å². The van der Waals surface area contributed by atoms with Crippen LogP contribution in [0.5, 0.6) is 5.75 Å². The van der Waals surface area contributed by atoms with E-state index in [1.165, 1.54) is 7.11 Å². The van der Waals surface area contributed by atoms with E-state index in [0.717, 1.165) is 13.0 Å². The standard InChI is InChI=1S/C17H25ClN2O4/c1-19(2)10-6-11-20(12-9-17(22)23-3)16(21)13-24-15-8-5-4-7-14(15)18/h4-5,7-8H,6,9-13H2,1-3H3. The molecular formula is C17H25ClN2O4. The molecule has 0 saturated heterocycles. The molecule has 134 valence electrons. The Labute approximate surface area is 148 Å². The van der Waals surface area contributed by atoms with Crippen molar-refractivity contribution < 1.29 is 19.1 Å². The maximum absolute atomic E-state index is 12.4. The van der Waals surface area contributed by atoms with Crippen molar-refractivity contribution in [3.05, 3.63) is 29.3 Å². The minimum Gasteiger partial charge on any atom is -0.482 e. The molecule has 1 aromatic rings. The van der Waals surface area contributed by atoms with Crippen molar-refractivity contribution in [2.24, 2.45) is 0 Å². The molecule has 24 heavy (non-hydrogen) atoms. The highest BCUT2D eigenvalue weighted by atomic mass is 35.5. The first-order valence-corrected chi connectivity index (χ1v) is 8.18. The van der Waals surface area contributed by atoms with E-state index in [4.69, 9.17) is 16.3 Å². The molecule has 1 aromatic carbocycles. The number of carbonyl (C=O) groups excluding carboxylic acids is 2. The van der Waals surface area contributed by atoms with Crippen LogP contribution in [0.4, 0.5) is 0 Å². The number of nitrogens with zero attached hydrogens (tertiary/aromatic N) is 2. The van der Waals surface area contributed by atoms with Crippen LogP contribution < -0.4 is 4.74 Å². The van der Waals surface area contributed by atoms with Crippen LogP contribution in [0.3, 0.4) is 0 Å². The van der Waals surface area contributed by atoms with E-state index in [9.17, 15) is 9.59 Å². The zero-order chi connectivity index (χ0) is 17.9. The molecule has 0 aliphatic rings. The predicted molar refractivity (Wildman–Crippen MR) is 93.3 cm³/mol. The molecule has 0 N–H and O–H groups in total. The monoisotopic (exact) mass is 356 g/mol. The second-order valence-corrected chi connectivity index (χ2v) is 5.99. The Kier molecular flexibility index (Phi) is 9.19. The number of methoxy groups -OCH3 is 1. The Hall–Kier alpha value is -1.79. The van der Waals surface area contributed by atoms with E-state index in [2.05, 4.69) is 4.74 Å². The quantitative estimate of drug-likeness (QED) is 0.601.